The number of phenols is 1. The van der Waals surface area contributed by atoms with Crippen LogP contribution < -0.4 is 10.1 Å². The van der Waals surface area contributed by atoms with Crippen LogP contribution in [0.3, 0.4) is 0 Å². The Hall–Kier alpha value is -1.83. The third-order valence-electron chi connectivity index (χ3n) is 10.4. The van der Waals surface area contributed by atoms with E-state index in [0.717, 1.165) is 56.7 Å². The number of hydrogen-bond acceptors (Lipinski definition) is 6. The van der Waals surface area contributed by atoms with E-state index in [4.69, 9.17) is 9.47 Å². The predicted molar refractivity (Wildman–Crippen MR) is 132 cm³/mol. The number of nitrogens with one attached hydrogen (secondary N) is 1. The zero-order valence-corrected chi connectivity index (χ0v) is 21.5. The molecule has 3 aliphatic carbocycles. The second-order valence-corrected chi connectivity index (χ2v) is 12.4. The summed E-state index contributed by atoms with van der Waals surface area (Å²) in [7, 11) is 1.85. The van der Waals surface area contributed by atoms with Gasteiger partial charge in [0.15, 0.2) is 11.5 Å². The quantitative estimate of drug-likeness (QED) is 0.521. The Balaban J connectivity index is 1.45. The van der Waals surface area contributed by atoms with Gasteiger partial charge in [0.1, 0.15) is 12.1 Å². The van der Waals surface area contributed by atoms with Gasteiger partial charge in [-0.15, -0.1) is 0 Å². The van der Waals surface area contributed by atoms with E-state index in [1.54, 1.807) is 6.07 Å². The van der Waals surface area contributed by atoms with Crippen LogP contribution in [0.15, 0.2) is 12.1 Å². The van der Waals surface area contributed by atoms with E-state index in [2.05, 4.69) is 16.3 Å². The summed E-state index contributed by atoms with van der Waals surface area (Å²) in [5.74, 6) is 0.755. The van der Waals surface area contributed by atoms with Gasteiger partial charge in [0.2, 0.25) is 0 Å². The van der Waals surface area contributed by atoms with Crippen LogP contribution in [0.4, 0.5) is 0 Å². The first-order chi connectivity index (χ1) is 16.7. The molecule has 0 aromatic heterocycles. The van der Waals surface area contributed by atoms with Crippen molar-refractivity contribution >= 4 is 5.97 Å². The van der Waals surface area contributed by atoms with Gasteiger partial charge < -0.3 is 19.7 Å². The first kappa shape index (κ1) is 23.6. The van der Waals surface area contributed by atoms with Crippen LogP contribution in [0.1, 0.15) is 70.4 Å². The third kappa shape index (κ3) is 3.10. The van der Waals surface area contributed by atoms with Crippen LogP contribution in [0.25, 0.3) is 0 Å². The molecule has 1 spiro atoms. The summed E-state index contributed by atoms with van der Waals surface area (Å²) in [4.78, 5) is 15.1. The fraction of sp³-hybridized carbons (Fsp3) is 0.750. The lowest BCUT2D eigenvalue weighted by Crippen LogP contribution is -2.79. The van der Waals surface area contributed by atoms with Crippen LogP contribution in [0, 0.1) is 11.3 Å². The molecular weight excluding hydrogens is 444 g/mol. The number of carbonyl (C=O) groups is 1. The Bertz CT molecular complexity index is 1040. The minimum absolute atomic E-state index is 0.140. The minimum atomic E-state index is -0.822. The van der Waals surface area contributed by atoms with Gasteiger partial charge >= 0.3 is 5.97 Å². The van der Waals surface area contributed by atoms with Gasteiger partial charge in [-0.05, 0) is 74.5 Å². The molecule has 2 heterocycles. The van der Waals surface area contributed by atoms with E-state index in [1.807, 2.05) is 27.9 Å². The SMILES string of the molecule is CCC(C)(C)[C@H](N[C@@H]1CC[C@@]2(OC)C3Cc4ccc(O)c5c4[C@@]2(CCN3CC2CC2)[C@H]1O5)C(=O)O. The first-order valence-electron chi connectivity index (χ1n) is 13.5. The standard InChI is InChI=1S/C28H40N2O5/c1-5-26(2,3)23(25(32)33)29-18-10-11-28(34-4)20-14-17-8-9-19(31)22-21(17)27(28,24(18)35-22)12-13-30(20)15-16-6-7-16/h8-9,16,18,20,23-24,29,31H,5-7,10-15H2,1-4H3,(H,32,33)/t18-,20?,23-,24+,27+,28-/m1/s1. The summed E-state index contributed by atoms with van der Waals surface area (Å²) in [5.41, 5.74) is 1.17. The van der Waals surface area contributed by atoms with E-state index in [-0.39, 0.29) is 23.9 Å². The number of likely N-dealkylation sites (tertiary alicyclic amines) is 1. The lowest BCUT2D eigenvalue weighted by molar-refractivity contribution is -0.208. The van der Waals surface area contributed by atoms with Gasteiger partial charge in [-0.25, -0.2) is 0 Å². The number of piperidine rings is 1. The number of phenolic OH excluding ortho intramolecular Hbond substituents is 1. The highest BCUT2D eigenvalue weighted by atomic mass is 16.5. The molecular formula is C28H40N2O5. The van der Waals surface area contributed by atoms with E-state index in [9.17, 15) is 15.0 Å². The number of ether oxygens (including phenoxy) is 2. The zero-order valence-electron chi connectivity index (χ0n) is 21.5. The lowest BCUT2D eigenvalue weighted by Gasteiger charge is -2.66. The molecule has 1 unspecified atom stereocenters. The monoisotopic (exact) mass is 484 g/mol. The molecule has 2 saturated carbocycles. The van der Waals surface area contributed by atoms with Crippen LogP contribution >= 0.6 is 0 Å². The smallest absolute Gasteiger partial charge is 0.321 e. The van der Waals surface area contributed by atoms with Crippen molar-refractivity contribution in [2.75, 3.05) is 20.2 Å². The van der Waals surface area contributed by atoms with Crippen molar-refractivity contribution in [3.63, 3.8) is 0 Å². The van der Waals surface area contributed by atoms with Gasteiger partial charge in [0, 0.05) is 31.3 Å². The van der Waals surface area contributed by atoms with Crippen molar-refractivity contribution in [3.05, 3.63) is 23.3 Å². The Morgan fingerprint density at radius 1 is 1.31 bits per heavy atom. The summed E-state index contributed by atoms with van der Waals surface area (Å²) in [6.45, 7) is 8.18. The van der Waals surface area contributed by atoms with Crippen LogP contribution in [0.5, 0.6) is 11.5 Å². The Kier molecular flexibility index (Phi) is 5.27. The normalized spacial score (nSPS) is 36.4. The molecule has 3 fully saturated rings. The highest BCUT2D eigenvalue weighted by Gasteiger charge is 2.74. The van der Waals surface area contributed by atoms with Gasteiger partial charge in [-0.1, -0.05) is 26.8 Å². The predicted octanol–water partition coefficient (Wildman–Crippen LogP) is 3.46. The molecule has 0 radical (unpaired) electrons. The van der Waals surface area contributed by atoms with Crippen molar-refractivity contribution in [1.82, 2.24) is 10.2 Å². The molecule has 2 aliphatic heterocycles. The largest absolute Gasteiger partial charge is 0.504 e. The third-order valence-corrected chi connectivity index (χ3v) is 10.4. The maximum absolute atomic E-state index is 12.4. The van der Waals surface area contributed by atoms with Crippen molar-refractivity contribution in [2.24, 2.45) is 11.3 Å². The highest BCUT2D eigenvalue weighted by molar-refractivity contribution is 5.74. The van der Waals surface area contributed by atoms with E-state index in [1.165, 1.54) is 18.4 Å². The lowest BCUT2D eigenvalue weighted by atomic mass is 9.48. The number of aliphatic carboxylic acids is 1. The number of benzene rings is 1. The van der Waals surface area contributed by atoms with E-state index in [0.29, 0.717) is 5.75 Å². The molecule has 192 valence electrons. The second-order valence-electron chi connectivity index (χ2n) is 12.4. The molecule has 1 aromatic rings. The zero-order chi connectivity index (χ0) is 24.8. The summed E-state index contributed by atoms with van der Waals surface area (Å²) in [5, 5.41) is 24.6. The van der Waals surface area contributed by atoms with Crippen LogP contribution in [-0.4, -0.2) is 71.1 Å². The summed E-state index contributed by atoms with van der Waals surface area (Å²) < 4.78 is 13.3. The van der Waals surface area contributed by atoms with Crippen molar-refractivity contribution in [3.8, 4) is 11.5 Å². The minimum Gasteiger partial charge on any atom is -0.504 e. The number of hydrogen-bond donors (Lipinski definition) is 3. The summed E-state index contributed by atoms with van der Waals surface area (Å²) in [6, 6.07) is 3.29. The van der Waals surface area contributed by atoms with E-state index < -0.39 is 28.4 Å². The Labute approximate surface area is 208 Å². The van der Waals surface area contributed by atoms with Gasteiger partial charge in [0.25, 0.3) is 0 Å². The summed E-state index contributed by atoms with van der Waals surface area (Å²) >= 11 is 0. The fourth-order valence-corrected chi connectivity index (χ4v) is 8.09. The molecule has 1 saturated heterocycles. The second kappa shape index (κ2) is 7.83. The van der Waals surface area contributed by atoms with Crippen molar-refractivity contribution in [1.29, 1.82) is 0 Å². The molecule has 0 amide bonds. The number of nitrogens with zero attached hydrogens (tertiary/aromatic N) is 1. The molecule has 6 atom stereocenters. The maximum atomic E-state index is 12.4. The highest BCUT2D eigenvalue weighted by Crippen LogP contribution is 2.66. The van der Waals surface area contributed by atoms with Gasteiger partial charge in [-0.2, -0.15) is 0 Å². The molecule has 5 aliphatic rings. The first-order valence-corrected chi connectivity index (χ1v) is 13.5. The van der Waals surface area contributed by atoms with Crippen molar-refractivity contribution < 1.29 is 24.5 Å². The van der Waals surface area contributed by atoms with Gasteiger partial charge in [0.05, 0.1) is 11.0 Å². The van der Waals surface area contributed by atoms with Crippen LogP contribution in [0.2, 0.25) is 0 Å². The average molecular weight is 485 g/mol. The average Bonchev–Trinajstić information content (AvgIpc) is 3.58. The molecule has 3 N–H and O–H groups in total. The van der Waals surface area contributed by atoms with E-state index >= 15 is 0 Å². The fourth-order valence-electron chi connectivity index (χ4n) is 8.09. The number of carboxylic acids is 1. The molecule has 7 nitrogen and oxygen atoms in total. The number of carboxylic acid groups (broad SMARTS) is 1. The molecule has 2 bridgehead atoms. The molecule has 6 rings (SSSR count). The topological polar surface area (TPSA) is 91.3 Å². The Morgan fingerprint density at radius 2 is 2.09 bits per heavy atom. The molecule has 35 heavy (non-hydrogen) atoms. The Morgan fingerprint density at radius 3 is 2.74 bits per heavy atom. The van der Waals surface area contributed by atoms with Crippen LogP contribution in [-0.2, 0) is 21.4 Å². The maximum Gasteiger partial charge on any atom is 0.321 e. The molecule has 1 aromatic carbocycles. The van der Waals surface area contributed by atoms with Gasteiger partial charge in [-0.3, -0.25) is 15.0 Å². The summed E-state index contributed by atoms with van der Waals surface area (Å²) in [6.07, 6.45) is 6.55. The number of aromatic hydroxyl groups is 1. The number of methoxy groups -OCH3 is 1. The molecule has 7 heteroatoms. The number of rotatable bonds is 8. The van der Waals surface area contributed by atoms with Crippen molar-refractivity contribution in [2.45, 2.75) is 101 Å².